The summed E-state index contributed by atoms with van der Waals surface area (Å²) in [6.07, 6.45) is -0.107. The van der Waals surface area contributed by atoms with Crippen molar-refractivity contribution in [2.24, 2.45) is 5.92 Å². The second kappa shape index (κ2) is 9.75. The van der Waals surface area contributed by atoms with Gasteiger partial charge in [-0.2, -0.15) is 0 Å². The van der Waals surface area contributed by atoms with Gasteiger partial charge < -0.3 is 14.8 Å². The van der Waals surface area contributed by atoms with Crippen molar-refractivity contribution in [2.75, 3.05) is 25.6 Å². The topological polar surface area (TPSA) is 114 Å². The number of nitrogens with zero attached hydrogens (tertiary/aromatic N) is 1. The molecule has 3 rings (SSSR count). The summed E-state index contributed by atoms with van der Waals surface area (Å²) in [5.41, 5.74) is 4.33. The molecule has 0 saturated carbocycles. The zero-order valence-corrected chi connectivity index (χ0v) is 17.2. The highest BCUT2D eigenvalue weighted by atomic mass is 16.5. The summed E-state index contributed by atoms with van der Waals surface area (Å²) in [7, 11) is 1.51. The van der Waals surface area contributed by atoms with E-state index in [0.717, 1.165) is 10.6 Å². The number of nitrogens with one attached hydrogen (secondary N) is 2. The quantitative estimate of drug-likeness (QED) is 0.653. The minimum atomic E-state index is -0.769. The second-order valence-electron chi connectivity index (χ2n) is 7.10. The molecule has 0 radical (unpaired) electrons. The molecule has 0 aliphatic carbocycles. The van der Waals surface area contributed by atoms with Gasteiger partial charge in [-0.1, -0.05) is 23.8 Å². The fraction of sp³-hybridized carbons (Fsp3) is 0.273. The number of hydrogen-bond donors (Lipinski definition) is 2. The third-order valence-corrected chi connectivity index (χ3v) is 4.67. The van der Waals surface area contributed by atoms with Crippen LogP contribution in [0, 0.1) is 12.8 Å². The smallest absolute Gasteiger partial charge is 0.311 e. The number of hydrogen-bond acceptors (Lipinski definition) is 6. The molecular formula is C22H23N3O6. The largest absolute Gasteiger partial charge is 0.497 e. The summed E-state index contributed by atoms with van der Waals surface area (Å²) in [4.78, 5) is 48.8. The molecule has 1 aliphatic heterocycles. The van der Waals surface area contributed by atoms with E-state index in [4.69, 9.17) is 9.47 Å². The molecule has 9 nitrogen and oxygen atoms in total. The lowest BCUT2D eigenvalue weighted by atomic mass is 10.1. The molecule has 31 heavy (non-hydrogen) atoms. The van der Waals surface area contributed by atoms with Crippen LogP contribution in [0.5, 0.6) is 5.75 Å². The van der Waals surface area contributed by atoms with Crippen LogP contribution in [-0.2, 0) is 19.1 Å². The lowest BCUT2D eigenvalue weighted by Gasteiger charge is -2.17. The molecule has 2 aromatic carbocycles. The van der Waals surface area contributed by atoms with Crippen molar-refractivity contribution >= 4 is 29.4 Å². The molecule has 1 heterocycles. The SMILES string of the molecule is COc1cccc(NC(=O)COC(=O)[C@H]2CC(=O)N(NC(=O)c3cccc(C)c3)C2)c1. The lowest BCUT2D eigenvalue weighted by molar-refractivity contribution is -0.151. The standard InChI is InChI=1S/C22H23N3O6/c1-14-5-3-6-15(9-14)21(28)24-25-12-16(10-20(25)27)22(29)31-13-19(26)23-17-7-4-8-18(11-17)30-2/h3-9,11,16H,10,12-13H2,1-2H3,(H,23,26)(H,24,28)/t16-/m0/s1. The average Bonchev–Trinajstić information content (AvgIpc) is 3.12. The molecule has 0 unspecified atom stereocenters. The van der Waals surface area contributed by atoms with Crippen LogP contribution in [0.4, 0.5) is 5.69 Å². The lowest BCUT2D eigenvalue weighted by Crippen LogP contribution is -2.43. The first kappa shape index (κ1) is 21.8. The van der Waals surface area contributed by atoms with Crippen LogP contribution in [-0.4, -0.2) is 49.0 Å². The first-order valence-corrected chi connectivity index (χ1v) is 9.64. The maximum Gasteiger partial charge on any atom is 0.311 e. The molecule has 1 fully saturated rings. The number of anilines is 1. The molecule has 0 aromatic heterocycles. The number of ether oxygens (including phenoxy) is 2. The Morgan fingerprint density at radius 2 is 1.90 bits per heavy atom. The molecule has 2 N–H and O–H groups in total. The average molecular weight is 425 g/mol. The van der Waals surface area contributed by atoms with Gasteiger partial charge in [0, 0.05) is 23.7 Å². The Kier molecular flexibility index (Phi) is 6.86. The number of esters is 1. The Hall–Kier alpha value is -3.88. The molecule has 3 amide bonds. The van der Waals surface area contributed by atoms with Crippen LogP contribution in [0.2, 0.25) is 0 Å². The van der Waals surface area contributed by atoms with Crippen LogP contribution >= 0.6 is 0 Å². The Balaban J connectivity index is 1.48. The molecule has 2 aromatic rings. The van der Waals surface area contributed by atoms with E-state index in [-0.39, 0.29) is 13.0 Å². The minimum absolute atomic E-state index is 0.0211. The van der Waals surface area contributed by atoms with Gasteiger partial charge in [0.15, 0.2) is 6.61 Å². The third-order valence-electron chi connectivity index (χ3n) is 4.67. The Morgan fingerprint density at radius 3 is 2.65 bits per heavy atom. The fourth-order valence-corrected chi connectivity index (χ4v) is 3.10. The van der Waals surface area contributed by atoms with Crippen molar-refractivity contribution in [3.05, 3.63) is 59.7 Å². The first-order valence-electron chi connectivity index (χ1n) is 9.64. The number of aryl methyl sites for hydroxylation is 1. The Morgan fingerprint density at radius 1 is 1.13 bits per heavy atom. The number of benzene rings is 2. The van der Waals surface area contributed by atoms with Gasteiger partial charge in [-0.05, 0) is 31.2 Å². The predicted molar refractivity (Wildman–Crippen MR) is 111 cm³/mol. The minimum Gasteiger partial charge on any atom is -0.497 e. The van der Waals surface area contributed by atoms with Crippen molar-refractivity contribution in [1.29, 1.82) is 0 Å². The maximum atomic E-state index is 12.3. The Bertz CT molecular complexity index is 1010. The molecular weight excluding hydrogens is 402 g/mol. The second-order valence-corrected chi connectivity index (χ2v) is 7.10. The van der Waals surface area contributed by atoms with Crippen LogP contribution in [0.25, 0.3) is 0 Å². The van der Waals surface area contributed by atoms with Crippen molar-refractivity contribution in [2.45, 2.75) is 13.3 Å². The normalized spacial score (nSPS) is 15.4. The molecule has 9 heteroatoms. The number of rotatable bonds is 7. The molecule has 1 aliphatic rings. The summed E-state index contributed by atoms with van der Waals surface area (Å²) < 4.78 is 10.1. The van der Waals surface area contributed by atoms with E-state index in [2.05, 4.69) is 10.7 Å². The van der Waals surface area contributed by atoms with E-state index >= 15 is 0 Å². The maximum absolute atomic E-state index is 12.3. The molecule has 0 spiro atoms. The van der Waals surface area contributed by atoms with Crippen LogP contribution in [0.15, 0.2) is 48.5 Å². The predicted octanol–water partition coefficient (Wildman–Crippen LogP) is 1.68. The summed E-state index contributed by atoms with van der Waals surface area (Å²) >= 11 is 0. The zero-order chi connectivity index (χ0) is 22.4. The molecule has 1 atom stereocenters. The van der Waals surface area contributed by atoms with Crippen molar-refractivity contribution in [3.8, 4) is 5.75 Å². The summed E-state index contributed by atoms with van der Waals surface area (Å²) in [6.45, 7) is 1.34. The highest BCUT2D eigenvalue weighted by Crippen LogP contribution is 2.19. The third kappa shape index (κ3) is 5.81. The zero-order valence-electron chi connectivity index (χ0n) is 17.2. The van der Waals surface area contributed by atoms with Crippen molar-refractivity contribution < 1.29 is 28.7 Å². The highest BCUT2D eigenvalue weighted by Gasteiger charge is 2.36. The van der Waals surface area contributed by atoms with Gasteiger partial charge in [0.05, 0.1) is 19.6 Å². The van der Waals surface area contributed by atoms with Crippen LogP contribution in [0.1, 0.15) is 22.3 Å². The number of amides is 3. The van der Waals surface area contributed by atoms with Gasteiger partial charge in [0.2, 0.25) is 5.91 Å². The van der Waals surface area contributed by atoms with E-state index in [1.807, 2.05) is 13.0 Å². The van der Waals surface area contributed by atoms with Gasteiger partial charge in [0.1, 0.15) is 5.75 Å². The van der Waals surface area contributed by atoms with Gasteiger partial charge in [-0.25, -0.2) is 0 Å². The number of methoxy groups -OCH3 is 1. The van der Waals surface area contributed by atoms with E-state index in [1.165, 1.54) is 7.11 Å². The van der Waals surface area contributed by atoms with E-state index in [9.17, 15) is 19.2 Å². The van der Waals surface area contributed by atoms with E-state index in [1.54, 1.807) is 42.5 Å². The summed E-state index contributed by atoms with van der Waals surface area (Å²) in [5.74, 6) is -2.23. The molecule has 1 saturated heterocycles. The van der Waals surface area contributed by atoms with Gasteiger partial charge in [0.25, 0.3) is 11.8 Å². The number of carbonyl (C=O) groups excluding carboxylic acids is 4. The van der Waals surface area contributed by atoms with Gasteiger partial charge >= 0.3 is 5.97 Å². The van der Waals surface area contributed by atoms with Crippen molar-refractivity contribution in [3.63, 3.8) is 0 Å². The first-order chi connectivity index (χ1) is 14.9. The summed E-state index contributed by atoms with van der Waals surface area (Å²) in [6, 6.07) is 13.7. The highest BCUT2D eigenvalue weighted by molar-refractivity contribution is 5.97. The Labute approximate surface area is 179 Å². The van der Waals surface area contributed by atoms with Gasteiger partial charge in [-0.15, -0.1) is 0 Å². The molecule has 162 valence electrons. The monoisotopic (exact) mass is 425 g/mol. The van der Waals surface area contributed by atoms with E-state index in [0.29, 0.717) is 17.0 Å². The van der Waals surface area contributed by atoms with Crippen molar-refractivity contribution in [1.82, 2.24) is 10.4 Å². The van der Waals surface area contributed by atoms with E-state index < -0.39 is 36.2 Å². The molecule has 0 bridgehead atoms. The van der Waals surface area contributed by atoms with Crippen LogP contribution < -0.4 is 15.5 Å². The summed E-state index contributed by atoms with van der Waals surface area (Å²) in [5, 5.41) is 3.70. The van der Waals surface area contributed by atoms with Crippen LogP contribution in [0.3, 0.4) is 0 Å². The number of hydrazine groups is 1. The fourth-order valence-electron chi connectivity index (χ4n) is 3.10. The number of carbonyl (C=O) groups is 4. The van der Waals surface area contributed by atoms with Gasteiger partial charge in [-0.3, -0.25) is 29.6 Å².